The van der Waals surface area contributed by atoms with Crippen molar-refractivity contribution in [3.05, 3.63) is 12.2 Å². The first-order valence-corrected chi connectivity index (χ1v) is 9.89. The fourth-order valence-corrected chi connectivity index (χ4v) is 2.53. The summed E-state index contributed by atoms with van der Waals surface area (Å²) >= 11 is 0. The molecule has 0 N–H and O–H groups in total. The van der Waals surface area contributed by atoms with Crippen LogP contribution in [0, 0.1) is 0 Å². The lowest BCUT2D eigenvalue weighted by molar-refractivity contribution is -0.144. The Bertz CT molecular complexity index is 324. The number of carbonyl (C=O) groups excluding carboxylic acids is 2. The van der Waals surface area contributed by atoms with Crippen molar-refractivity contribution in [3.8, 4) is 0 Å². The SMILES string of the molecule is C[Si](C)(C)OC(=O)C=CC(=O)OC1CCCCC1. The lowest BCUT2D eigenvalue weighted by Gasteiger charge is -2.21. The zero-order chi connectivity index (χ0) is 13.6. The molecule has 0 saturated heterocycles. The monoisotopic (exact) mass is 270 g/mol. The molecular formula is C13H22O4Si. The normalized spacial score (nSPS) is 17.7. The third kappa shape index (κ3) is 6.59. The molecule has 0 aromatic heterocycles. The maximum Gasteiger partial charge on any atom is 0.331 e. The molecule has 0 heterocycles. The minimum Gasteiger partial charge on any atom is -0.517 e. The van der Waals surface area contributed by atoms with E-state index in [-0.39, 0.29) is 6.10 Å². The molecule has 0 aromatic carbocycles. The molecule has 0 spiro atoms. The van der Waals surface area contributed by atoms with E-state index in [0.29, 0.717) is 0 Å². The molecule has 0 aliphatic heterocycles. The lowest BCUT2D eigenvalue weighted by atomic mass is 9.98. The maximum absolute atomic E-state index is 11.5. The van der Waals surface area contributed by atoms with Crippen LogP contribution in [0.3, 0.4) is 0 Å². The molecule has 1 aliphatic rings. The van der Waals surface area contributed by atoms with Gasteiger partial charge in [0, 0.05) is 12.2 Å². The minimum atomic E-state index is -1.89. The van der Waals surface area contributed by atoms with Gasteiger partial charge in [0.15, 0.2) is 0 Å². The van der Waals surface area contributed by atoms with E-state index in [1.165, 1.54) is 6.42 Å². The number of esters is 1. The molecule has 0 amide bonds. The number of ether oxygens (including phenoxy) is 1. The Morgan fingerprint density at radius 2 is 1.56 bits per heavy atom. The van der Waals surface area contributed by atoms with Crippen LogP contribution in [-0.2, 0) is 18.8 Å². The summed E-state index contributed by atoms with van der Waals surface area (Å²) in [5.74, 6) is -0.913. The summed E-state index contributed by atoms with van der Waals surface area (Å²) in [4.78, 5) is 22.8. The first-order chi connectivity index (χ1) is 8.37. The summed E-state index contributed by atoms with van der Waals surface area (Å²) in [6.07, 6.45) is 7.63. The second kappa shape index (κ2) is 6.73. The average Bonchev–Trinajstić information content (AvgIpc) is 2.25. The van der Waals surface area contributed by atoms with Crippen LogP contribution in [0.1, 0.15) is 32.1 Å². The lowest BCUT2D eigenvalue weighted by Crippen LogP contribution is -2.28. The van der Waals surface area contributed by atoms with Crippen molar-refractivity contribution in [1.82, 2.24) is 0 Å². The van der Waals surface area contributed by atoms with Gasteiger partial charge in [-0.1, -0.05) is 6.42 Å². The third-order valence-corrected chi connectivity index (χ3v) is 3.41. The summed E-state index contributed by atoms with van der Waals surface area (Å²) in [6, 6.07) is 0. The molecule has 0 radical (unpaired) electrons. The fraction of sp³-hybridized carbons (Fsp3) is 0.692. The van der Waals surface area contributed by atoms with E-state index in [0.717, 1.165) is 37.8 Å². The van der Waals surface area contributed by atoms with Crippen LogP contribution < -0.4 is 0 Å². The molecule has 0 unspecified atom stereocenters. The molecule has 0 atom stereocenters. The molecule has 1 rings (SSSR count). The Morgan fingerprint density at radius 3 is 2.11 bits per heavy atom. The molecule has 5 heteroatoms. The highest BCUT2D eigenvalue weighted by Gasteiger charge is 2.19. The van der Waals surface area contributed by atoms with Crippen LogP contribution in [0.5, 0.6) is 0 Å². The Balaban J connectivity index is 2.32. The third-order valence-electron chi connectivity index (χ3n) is 2.60. The van der Waals surface area contributed by atoms with Crippen LogP contribution in [0.4, 0.5) is 0 Å². The first-order valence-electron chi connectivity index (χ1n) is 6.48. The summed E-state index contributed by atoms with van der Waals surface area (Å²) in [7, 11) is -1.89. The predicted molar refractivity (Wildman–Crippen MR) is 71.5 cm³/mol. The summed E-state index contributed by atoms with van der Waals surface area (Å²) in [5.41, 5.74) is 0. The Morgan fingerprint density at radius 1 is 1.00 bits per heavy atom. The van der Waals surface area contributed by atoms with Gasteiger partial charge in [0.05, 0.1) is 0 Å². The van der Waals surface area contributed by atoms with E-state index in [4.69, 9.17) is 9.16 Å². The van der Waals surface area contributed by atoms with Gasteiger partial charge in [-0.2, -0.15) is 0 Å². The van der Waals surface area contributed by atoms with E-state index in [2.05, 4.69) is 0 Å². The molecule has 1 aliphatic carbocycles. The topological polar surface area (TPSA) is 52.6 Å². The standard InChI is InChI=1S/C13H22O4Si/c1-18(2,3)17-13(15)10-9-12(14)16-11-7-5-4-6-8-11/h9-11H,4-8H2,1-3H3. The van der Waals surface area contributed by atoms with Crippen molar-refractivity contribution in [2.45, 2.75) is 57.8 Å². The van der Waals surface area contributed by atoms with Crippen LogP contribution in [0.15, 0.2) is 12.2 Å². The summed E-state index contributed by atoms with van der Waals surface area (Å²) in [5, 5.41) is 0. The van der Waals surface area contributed by atoms with Gasteiger partial charge >= 0.3 is 11.9 Å². The Hall–Kier alpha value is -1.10. The number of carbonyl (C=O) groups is 2. The smallest absolute Gasteiger partial charge is 0.331 e. The van der Waals surface area contributed by atoms with Gasteiger partial charge in [0.25, 0.3) is 0 Å². The van der Waals surface area contributed by atoms with E-state index in [1.807, 2.05) is 19.6 Å². The number of rotatable bonds is 4. The van der Waals surface area contributed by atoms with Crippen molar-refractivity contribution in [3.63, 3.8) is 0 Å². The summed E-state index contributed by atoms with van der Waals surface area (Å²) < 4.78 is 10.4. The van der Waals surface area contributed by atoms with Gasteiger partial charge in [-0.05, 0) is 45.3 Å². The van der Waals surface area contributed by atoms with Crippen LogP contribution in [0.25, 0.3) is 0 Å². The van der Waals surface area contributed by atoms with Crippen molar-refractivity contribution in [1.29, 1.82) is 0 Å². The van der Waals surface area contributed by atoms with Crippen LogP contribution in [-0.4, -0.2) is 26.4 Å². The zero-order valence-electron chi connectivity index (χ0n) is 11.4. The molecule has 0 bridgehead atoms. The number of hydrogen-bond donors (Lipinski definition) is 0. The van der Waals surface area contributed by atoms with E-state index < -0.39 is 20.3 Å². The molecule has 1 fully saturated rings. The van der Waals surface area contributed by atoms with E-state index in [1.54, 1.807) is 0 Å². The van der Waals surface area contributed by atoms with Gasteiger partial charge in [-0.15, -0.1) is 0 Å². The maximum atomic E-state index is 11.5. The van der Waals surface area contributed by atoms with Gasteiger partial charge < -0.3 is 9.16 Å². The van der Waals surface area contributed by atoms with Crippen LogP contribution >= 0.6 is 0 Å². The quantitative estimate of drug-likeness (QED) is 0.448. The molecule has 18 heavy (non-hydrogen) atoms. The number of hydrogen-bond acceptors (Lipinski definition) is 4. The van der Waals surface area contributed by atoms with E-state index in [9.17, 15) is 9.59 Å². The van der Waals surface area contributed by atoms with Crippen molar-refractivity contribution >= 4 is 20.3 Å². The molecular weight excluding hydrogens is 248 g/mol. The minimum absolute atomic E-state index is 0.0175. The van der Waals surface area contributed by atoms with Crippen molar-refractivity contribution in [2.75, 3.05) is 0 Å². The largest absolute Gasteiger partial charge is 0.517 e. The molecule has 0 aromatic rings. The fourth-order valence-electron chi connectivity index (χ4n) is 1.86. The van der Waals surface area contributed by atoms with Gasteiger partial charge in [0.1, 0.15) is 6.10 Å². The second-order valence-electron chi connectivity index (χ2n) is 5.56. The van der Waals surface area contributed by atoms with Crippen molar-refractivity contribution < 1.29 is 18.8 Å². The summed E-state index contributed by atoms with van der Waals surface area (Å²) in [6.45, 7) is 5.75. The predicted octanol–water partition coefficient (Wildman–Crippen LogP) is 2.80. The van der Waals surface area contributed by atoms with Crippen molar-refractivity contribution in [2.24, 2.45) is 0 Å². The average molecular weight is 270 g/mol. The second-order valence-corrected chi connectivity index (χ2v) is 9.99. The molecule has 1 saturated carbocycles. The molecule has 102 valence electrons. The zero-order valence-corrected chi connectivity index (χ0v) is 12.4. The molecule has 4 nitrogen and oxygen atoms in total. The first kappa shape index (κ1) is 15.0. The highest BCUT2D eigenvalue weighted by atomic mass is 28.4. The highest BCUT2D eigenvalue weighted by Crippen LogP contribution is 2.20. The Labute approximate surface area is 109 Å². The van der Waals surface area contributed by atoms with Gasteiger partial charge in [-0.25, -0.2) is 9.59 Å². The van der Waals surface area contributed by atoms with E-state index >= 15 is 0 Å². The van der Waals surface area contributed by atoms with Gasteiger partial charge in [0.2, 0.25) is 8.32 Å². The highest BCUT2D eigenvalue weighted by molar-refractivity contribution is 6.71. The van der Waals surface area contributed by atoms with Crippen LogP contribution in [0.2, 0.25) is 19.6 Å². The van der Waals surface area contributed by atoms with Gasteiger partial charge in [-0.3, -0.25) is 0 Å². The Kier molecular flexibility index (Phi) is 5.59.